The summed E-state index contributed by atoms with van der Waals surface area (Å²) in [4.78, 5) is 2.70. The standard InChI is InChI=1S/C17H27N/c1-3-16-12-8-9-13-17(16)18(4-2)14-15-10-6-5-7-11-15/h5-7,10-11,16-17H,3-4,8-9,12-14H2,1-2H3/t16-,17?/m1/s1. The molecule has 0 bridgehead atoms. The highest BCUT2D eigenvalue weighted by atomic mass is 15.2. The van der Waals surface area contributed by atoms with E-state index in [0.29, 0.717) is 0 Å². The highest BCUT2D eigenvalue weighted by molar-refractivity contribution is 5.14. The molecule has 1 unspecified atom stereocenters. The van der Waals surface area contributed by atoms with Crippen LogP contribution in [0.4, 0.5) is 0 Å². The smallest absolute Gasteiger partial charge is 0.0236 e. The Balaban J connectivity index is 2.03. The van der Waals surface area contributed by atoms with Crippen LogP contribution >= 0.6 is 0 Å². The van der Waals surface area contributed by atoms with Crippen LogP contribution in [0.3, 0.4) is 0 Å². The van der Waals surface area contributed by atoms with Gasteiger partial charge in [-0.1, -0.05) is 63.4 Å². The van der Waals surface area contributed by atoms with Gasteiger partial charge in [-0.15, -0.1) is 0 Å². The molecular formula is C17H27N. The van der Waals surface area contributed by atoms with Gasteiger partial charge in [-0.25, -0.2) is 0 Å². The molecule has 0 aromatic heterocycles. The van der Waals surface area contributed by atoms with Crippen LogP contribution in [-0.2, 0) is 6.54 Å². The Morgan fingerprint density at radius 2 is 1.78 bits per heavy atom. The average Bonchev–Trinajstić information content (AvgIpc) is 2.46. The van der Waals surface area contributed by atoms with E-state index >= 15 is 0 Å². The molecule has 1 aromatic carbocycles. The van der Waals surface area contributed by atoms with E-state index in [2.05, 4.69) is 49.1 Å². The van der Waals surface area contributed by atoms with Gasteiger partial charge in [0.2, 0.25) is 0 Å². The second-order valence-electron chi connectivity index (χ2n) is 5.57. The van der Waals surface area contributed by atoms with Gasteiger partial charge in [0.25, 0.3) is 0 Å². The SMILES string of the molecule is CC[C@@H]1CCCCC1N(CC)Cc1ccccc1. The van der Waals surface area contributed by atoms with Crippen LogP contribution in [0.25, 0.3) is 0 Å². The molecule has 1 fully saturated rings. The van der Waals surface area contributed by atoms with Gasteiger partial charge >= 0.3 is 0 Å². The molecule has 0 radical (unpaired) electrons. The largest absolute Gasteiger partial charge is 0.296 e. The predicted octanol–water partition coefficient (Wildman–Crippen LogP) is 4.48. The number of nitrogens with zero attached hydrogens (tertiary/aromatic N) is 1. The van der Waals surface area contributed by atoms with Gasteiger partial charge < -0.3 is 0 Å². The lowest BCUT2D eigenvalue weighted by molar-refractivity contribution is 0.0994. The number of hydrogen-bond acceptors (Lipinski definition) is 1. The fraction of sp³-hybridized carbons (Fsp3) is 0.647. The average molecular weight is 245 g/mol. The molecule has 2 rings (SSSR count). The molecule has 0 N–H and O–H groups in total. The molecule has 18 heavy (non-hydrogen) atoms. The predicted molar refractivity (Wildman–Crippen MR) is 78.6 cm³/mol. The van der Waals surface area contributed by atoms with E-state index in [1.807, 2.05) is 0 Å². The zero-order chi connectivity index (χ0) is 12.8. The van der Waals surface area contributed by atoms with Gasteiger partial charge in [0.15, 0.2) is 0 Å². The van der Waals surface area contributed by atoms with Crippen molar-refractivity contribution in [2.45, 2.75) is 58.5 Å². The number of benzene rings is 1. The number of rotatable bonds is 5. The molecule has 2 atom stereocenters. The second-order valence-corrected chi connectivity index (χ2v) is 5.57. The monoisotopic (exact) mass is 245 g/mol. The van der Waals surface area contributed by atoms with Gasteiger partial charge in [-0.05, 0) is 30.9 Å². The van der Waals surface area contributed by atoms with Crippen LogP contribution in [0.1, 0.15) is 51.5 Å². The first kappa shape index (κ1) is 13.6. The molecule has 0 saturated heterocycles. The first-order valence-electron chi connectivity index (χ1n) is 7.63. The van der Waals surface area contributed by atoms with Crippen molar-refractivity contribution in [1.82, 2.24) is 4.90 Å². The second kappa shape index (κ2) is 6.94. The summed E-state index contributed by atoms with van der Waals surface area (Å²) in [5.41, 5.74) is 1.46. The van der Waals surface area contributed by atoms with Gasteiger partial charge in [0, 0.05) is 12.6 Å². The zero-order valence-electron chi connectivity index (χ0n) is 11.9. The normalized spacial score (nSPS) is 24.4. The van der Waals surface area contributed by atoms with E-state index in [0.717, 1.165) is 18.5 Å². The maximum atomic E-state index is 2.70. The fourth-order valence-electron chi connectivity index (χ4n) is 3.43. The first-order chi connectivity index (χ1) is 8.85. The van der Waals surface area contributed by atoms with E-state index in [-0.39, 0.29) is 0 Å². The van der Waals surface area contributed by atoms with Gasteiger partial charge in [-0.2, -0.15) is 0 Å². The lowest BCUT2D eigenvalue weighted by Crippen LogP contribution is -2.41. The van der Waals surface area contributed by atoms with Gasteiger partial charge in [0.1, 0.15) is 0 Å². The van der Waals surface area contributed by atoms with E-state index in [1.165, 1.54) is 44.2 Å². The van der Waals surface area contributed by atoms with Crippen LogP contribution in [0.15, 0.2) is 30.3 Å². The Morgan fingerprint density at radius 1 is 1.06 bits per heavy atom. The van der Waals surface area contributed by atoms with Crippen LogP contribution in [0, 0.1) is 5.92 Å². The molecule has 1 aliphatic carbocycles. The molecule has 1 heteroatoms. The summed E-state index contributed by atoms with van der Waals surface area (Å²) >= 11 is 0. The summed E-state index contributed by atoms with van der Waals surface area (Å²) in [5.74, 6) is 0.919. The summed E-state index contributed by atoms with van der Waals surface area (Å²) in [7, 11) is 0. The minimum Gasteiger partial charge on any atom is -0.296 e. The third-order valence-corrected chi connectivity index (χ3v) is 4.50. The fourth-order valence-corrected chi connectivity index (χ4v) is 3.43. The highest BCUT2D eigenvalue weighted by Crippen LogP contribution is 2.31. The van der Waals surface area contributed by atoms with Crippen molar-refractivity contribution in [1.29, 1.82) is 0 Å². The van der Waals surface area contributed by atoms with Crippen LogP contribution in [-0.4, -0.2) is 17.5 Å². The van der Waals surface area contributed by atoms with Crippen LogP contribution < -0.4 is 0 Å². The summed E-state index contributed by atoms with van der Waals surface area (Å²) in [6.07, 6.45) is 7.05. The highest BCUT2D eigenvalue weighted by Gasteiger charge is 2.27. The Bertz CT molecular complexity index is 333. The number of hydrogen-bond donors (Lipinski definition) is 0. The van der Waals surface area contributed by atoms with Crippen LogP contribution in [0.2, 0.25) is 0 Å². The quantitative estimate of drug-likeness (QED) is 0.739. The van der Waals surface area contributed by atoms with E-state index in [4.69, 9.17) is 0 Å². The first-order valence-corrected chi connectivity index (χ1v) is 7.63. The van der Waals surface area contributed by atoms with Gasteiger partial charge in [0.05, 0.1) is 0 Å². The van der Waals surface area contributed by atoms with Crippen molar-refractivity contribution in [2.75, 3.05) is 6.54 Å². The van der Waals surface area contributed by atoms with Crippen molar-refractivity contribution in [3.05, 3.63) is 35.9 Å². The summed E-state index contributed by atoms with van der Waals surface area (Å²) < 4.78 is 0. The summed E-state index contributed by atoms with van der Waals surface area (Å²) in [6, 6.07) is 11.7. The molecule has 0 heterocycles. The molecule has 1 aliphatic rings. The molecule has 0 amide bonds. The molecule has 1 saturated carbocycles. The van der Waals surface area contributed by atoms with E-state index in [1.54, 1.807) is 0 Å². The summed E-state index contributed by atoms with van der Waals surface area (Å²) in [6.45, 7) is 6.97. The minimum atomic E-state index is 0.814. The maximum Gasteiger partial charge on any atom is 0.0236 e. The Hall–Kier alpha value is -0.820. The maximum absolute atomic E-state index is 2.70. The molecule has 0 aliphatic heterocycles. The Labute approximate surface area is 112 Å². The molecule has 1 nitrogen and oxygen atoms in total. The molecular weight excluding hydrogens is 218 g/mol. The van der Waals surface area contributed by atoms with E-state index in [9.17, 15) is 0 Å². The lowest BCUT2D eigenvalue weighted by Gasteiger charge is -2.39. The van der Waals surface area contributed by atoms with E-state index < -0.39 is 0 Å². The third-order valence-electron chi connectivity index (χ3n) is 4.50. The Morgan fingerprint density at radius 3 is 2.44 bits per heavy atom. The van der Waals surface area contributed by atoms with Crippen molar-refractivity contribution in [3.8, 4) is 0 Å². The lowest BCUT2D eigenvalue weighted by atomic mass is 9.82. The Kier molecular flexibility index (Phi) is 5.25. The van der Waals surface area contributed by atoms with Crippen molar-refractivity contribution < 1.29 is 0 Å². The molecule has 100 valence electrons. The molecule has 0 spiro atoms. The van der Waals surface area contributed by atoms with Crippen LogP contribution in [0.5, 0.6) is 0 Å². The van der Waals surface area contributed by atoms with Crippen molar-refractivity contribution >= 4 is 0 Å². The third kappa shape index (κ3) is 3.35. The van der Waals surface area contributed by atoms with Crippen molar-refractivity contribution in [3.63, 3.8) is 0 Å². The molecule has 1 aromatic rings. The van der Waals surface area contributed by atoms with Gasteiger partial charge in [-0.3, -0.25) is 4.90 Å². The summed E-state index contributed by atoms with van der Waals surface area (Å²) in [5, 5.41) is 0. The van der Waals surface area contributed by atoms with Crippen molar-refractivity contribution in [2.24, 2.45) is 5.92 Å². The topological polar surface area (TPSA) is 3.24 Å². The zero-order valence-corrected chi connectivity index (χ0v) is 11.9. The minimum absolute atomic E-state index is 0.814.